The molecule has 0 radical (unpaired) electrons. The molecule has 1 fully saturated rings. The quantitative estimate of drug-likeness (QED) is 0.874. The van der Waals surface area contributed by atoms with Crippen molar-refractivity contribution in [3.63, 3.8) is 0 Å². The van der Waals surface area contributed by atoms with Gasteiger partial charge in [-0.2, -0.15) is 10.2 Å². The van der Waals surface area contributed by atoms with Crippen molar-refractivity contribution in [1.82, 2.24) is 20.4 Å². The first-order valence-corrected chi connectivity index (χ1v) is 7.21. The molecule has 1 aromatic rings. The summed E-state index contributed by atoms with van der Waals surface area (Å²) in [5.41, 5.74) is 1.93. The molecule has 0 atom stereocenters. The highest BCUT2D eigenvalue weighted by atomic mass is 16.5. The summed E-state index contributed by atoms with van der Waals surface area (Å²) in [5.74, 6) is 0. The third kappa shape index (κ3) is 6.09. The number of aromatic nitrogens is 2. The van der Waals surface area contributed by atoms with Crippen LogP contribution in [0.1, 0.15) is 32.2 Å². The standard InChI is InChI=1S/C12H20N4O.C2H6/c1-2-17-10-12-4-3-11(14-15-12)9-16-7-5-13-6-8-16;1-2/h3-4,13H,2,5-10H2,1H3;1-2H3. The molecule has 5 nitrogen and oxygen atoms in total. The zero-order valence-electron chi connectivity index (χ0n) is 12.4. The van der Waals surface area contributed by atoms with Crippen LogP contribution >= 0.6 is 0 Å². The van der Waals surface area contributed by atoms with E-state index in [1.807, 2.05) is 32.9 Å². The molecule has 0 aromatic carbocycles. The molecule has 0 amide bonds. The maximum Gasteiger partial charge on any atom is 0.0906 e. The minimum Gasteiger partial charge on any atom is -0.375 e. The fourth-order valence-corrected chi connectivity index (χ4v) is 1.85. The predicted octanol–water partition coefficient (Wildman–Crippen LogP) is 1.44. The van der Waals surface area contributed by atoms with Gasteiger partial charge in [0.05, 0.1) is 18.0 Å². The monoisotopic (exact) mass is 266 g/mol. The maximum absolute atomic E-state index is 5.29. The molecule has 108 valence electrons. The molecule has 5 heteroatoms. The Hall–Kier alpha value is -1.04. The lowest BCUT2D eigenvalue weighted by molar-refractivity contribution is 0.130. The Bertz CT molecular complexity index is 323. The molecule has 1 N–H and O–H groups in total. The van der Waals surface area contributed by atoms with E-state index < -0.39 is 0 Å². The summed E-state index contributed by atoms with van der Waals surface area (Å²) in [6.07, 6.45) is 0. The predicted molar refractivity (Wildman–Crippen MR) is 76.9 cm³/mol. The van der Waals surface area contributed by atoms with Crippen LogP contribution < -0.4 is 5.32 Å². The van der Waals surface area contributed by atoms with Gasteiger partial charge in [-0.05, 0) is 19.1 Å². The third-order valence-corrected chi connectivity index (χ3v) is 2.82. The molecule has 1 aliphatic heterocycles. The highest BCUT2D eigenvalue weighted by Gasteiger charge is 2.10. The highest BCUT2D eigenvalue weighted by Crippen LogP contribution is 2.03. The fraction of sp³-hybridized carbons (Fsp3) is 0.714. The van der Waals surface area contributed by atoms with Gasteiger partial charge in [0, 0.05) is 39.3 Å². The molecule has 1 aromatic heterocycles. The van der Waals surface area contributed by atoms with Gasteiger partial charge in [0.15, 0.2) is 0 Å². The Morgan fingerprint density at radius 1 is 1.16 bits per heavy atom. The summed E-state index contributed by atoms with van der Waals surface area (Å²) in [6.45, 7) is 12.4. The molecule has 1 aliphatic rings. The molecule has 19 heavy (non-hydrogen) atoms. The Morgan fingerprint density at radius 3 is 2.37 bits per heavy atom. The Labute approximate surface area is 116 Å². The number of rotatable bonds is 5. The van der Waals surface area contributed by atoms with Crippen LogP contribution in [0.2, 0.25) is 0 Å². The van der Waals surface area contributed by atoms with Gasteiger partial charge in [-0.1, -0.05) is 13.8 Å². The van der Waals surface area contributed by atoms with Crippen molar-refractivity contribution in [2.75, 3.05) is 32.8 Å². The molecule has 0 bridgehead atoms. The molecule has 0 spiro atoms. The smallest absolute Gasteiger partial charge is 0.0906 e. The van der Waals surface area contributed by atoms with Gasteiger partial charge in [0.25, 0.3) is 0 Å². The zero-order chi connectivity index (χ0) is 13.9. The third-order valence-electron chi connectivity index (χ3n) is 2.82. The van der Waals surface area contributed by atoms with Crippen LogP contribution in [0.5, 0.6) is 0 Å². The van der Waals surface area contributed by atoms with Crippen molar-refractivity contribution < 1.29 is 4.74 Å². The zero-order valence-corrected chi connectivity index (χ0v) is 12.4. The number of ether oxygens (including phenoxy) is 1. The average molecular weight is 266 g/mol. The lowest BCUT2D eigenvalue weighted by atomic mass is 10.3. The molecule has 0 aliphatic carbocycles. The molecule has 1 saturated heterocycles. The second-order valence-electron chi connectivity index (χ2n) is 4.18. The van der Waals surface area contributed by atoms with Crippen LogP contribution in [0.4, 0.5) is 0 Å². The Morgan fingerprint density at radius 2 is 1.79 bits per heavy atom. The van der Waals surface area contributed by atoms with Crippen molar-refractivity contribution in [3.05, 3.63) is 23.5 Å². The van der Waals surface area contributed by atoms with Crippen molar-refractivity contribution in [2.24, 2.45) is 0 Å². The first-order chi connectivity index (χ1) is 9.38. The summed E-state index contributed by atoms with van der Waals surface area (Å²) in [4.78, 5) is 2.39. The van der Waals surface area contributed by atoms with Gasteiger partial charge < -0.3 is 10.1 Å². The number of hydrogen-bond donors (Lipinski definition) is 1. The van der Waals surface area contributed by atoms with E-state index in [4.69, 9.17) is 4.74 Å². The van der Waals surface area contributed by atoms with Crippen molar-refractivity contribution in [2.45, 2.75) is 33.9 Å². The molecule has 0 unspecified atom stereocenters. The van der Waals surface area contributed by atoms with Crippen molar-refractivity contribution in [3.8, 4) is 0 Å². The van der Waals surface area contributed by atoms with E-state index in [0.29, 0.717) is 13.2 Å². The molecule has 2 rings (SSSR count). The molecule has 0 saturated carbocycles. The highest BCUT2D eigenvalue weighted by molar-refractivity contribution is 5.06. The van der Waals surface area contributed by atoms with Crippen molar-refractivity contribution in [1.29, 1.82) is 0 Å². The van der Waals surface area contributed by atoms with E-state index in [2.05, 4.69) is 20.4 Å². The minimum atomic E-state index is 0.553. The first kappa shape index (κ1) is 16.0. The summed E-state index contributed by atoms with van der Waals surface area (Å²) in [6, 6.07) is 4.05. The van der Waals surface area contributed by atoms with Crippen LogP contribution in [0, 0.1) is 0 Å². The van der Waals surface area contributed by atoms with E-state index in [1.54, 1.807) is 0 Å². The number of nitrogens with zero attached hydrogens (tertiary/aromatic N) is 3. The van der Waals surface area contributed by atoms with E-state index in [0.717, 1.165) is 44.1 Å². The second kappa shape index (κ2) is 9.83. The summed E-state index contributed by atoms with van der Waals surface area (Å²) < 4.78 is 5.29. The van der Waals surface area contributed by atoms with Crippen LogP contribution in [-0.4, -0.2) is 47.9 Å². The van der Waals surface area contributed by atoms with E-state index in [-0.39, 0.29) is 0 Å². The van der Waals surface area contributed by atoms with Gasteiger partial charge in [-0.3, -0.25) is 4.90 Å². The SMILES string of the molecule is CC.CCOCc1ccc(CN2CCNCC2)nn1. The summed E-state index contributed by atoms with van der Waals surface area (Å²) in [7, 11) is 0. The molecular formula is C14H26N4O. The van der Waals surface area contributed by atoms with Gasteiger partial charge in [0.1, 0.15) is 0 Å². The van der Waals surface area contributed by atoms with Crippen molar-refractivity contribution >= 4 is 0 Å². The summed E-state index contributed by atoms with van der Waals surface area (Å²) in [5, 5.41) is 11.7. The summed E-state index contributed by atoms with van der Waals surface area (Å²) >= 11 is 0. The number of hydrogen-bond acceptors (Lipinski definition) is 5. The minimum absolute atomic E-state index is 0.553. The topological polar surface area (TPSA) is 50.3 Å². The number of piperazine rings is 1. The normalized spacial score (nSPS) is 15.7. The first-order valence-electron chi connectivity index (χ1n) is 7.21. The molecule has 2 heterocycles. The van der Waals surface area contributed by atoms with Gasteiger partial charge in [0.2, 0.25) is 0 Å². The van der Waals surface area contributed by atoms with Crippen LogP contribution in [-0.2, 0) is 17.9 Å². The van der Waals surface area contributed by atoms with E-state index in [9.17, 15) is 0 Å². The largest absolute Gasteiger partial charge is 0.375 e. The molecular weight excluding hydrogens is 240 g/mol. The van der Waals surface area contributed by atoms with Crippen LogP contribution in [0.3, 0.4) is 0 Å². The number of nitrogens with one attached hydrogen (secondary N) is 1. The lowest BCUT2D eigenvalue weighted by Gasteiger charge is -2.26. The van der Waals surface area contributed by atoms with Gasteiger partial charge >= 0.3 is 0 Å². The van der Waals surface area contributed by atoms with Gasteiger partial charge in [-0.25, -0.2) is 0 Å². The second-order valence-corrected chi connectivity index (χ2v) is 4.18. The fourth-order valence-electron chi connectivity index (χ4n) is 1.85. The lowest BCUT2D eigenvalue weighted by Crippen LogP contribution is -2.43. The van der Waals surface area contributed by atoms with E-state index in [1.165, 1.54) is 0 Å². The Balaban J connectivity index is 0.000000861. The average Bonchev–Trinajstić information content (AvgIpc) is 2.50. The van der Waals surface area contributed by atoms with Crippen LogP contribution in [0.15, 0.2) is 12.1 Å². The van der Waals surface area contributed by atoms with Crippen LogP contribution in [0.25, 0.3) is 0 Å². The van der Waals surface area contributed by atoms with E-state index >= 15 is 0 Å². The Kier molecular flexibility index (Phi) is 8.29. The maximum atomic E-state index is 5.29. The van der Waals surface area contributed by atoms with Gasteiger partial charge in [-0.15, -0.1) is 0 Å².